The number of aryl methyl sites for hydroxylation is 2. The Morgan fingerprint density at radius 1 is 1.50 bits per heavy atom. The highest BCUT2D eigenvalue weighted by molar-refractivity contribution is 5.28. The van der Waals surface area contributed by atoms with Gasteiger partial charge in [-0.05, 0) is 26.3 Å². The zero-order valence-corrected chi connectivity index (χ0v) is 8.91. The normalized spacial score (nSPS) is 12.6. The minimum Gasteiger partial charge on any atom is -0.392 e. The van der Waals surface area contributed by atoms with Crippen LogP contribution in [0.2, 0.25) is 0 Å². The molecule has 0 aromatic carbocycles. The third-order valence-corrected chi connectivity index (χ3v) is 1.83. The van der Waals surface area contributed by atoms with Crippen molar-refractivity contribution in [2.45, 2.75) is 33.3 Å². The number of hydrogen-bond donors (Lipinski definition) is 2. The highest BCUT2D eigenvalue weighted by Crippen LogP contribution is 2.05. The maximum absolute atomic E-state index is 9.09. The van der Waals surface area contributed by atoms with Gasteiger partial charge in [0, 0.05) is 17.9 Å². The maximum Gasteiger partial charge on any atom is 0.223 e. The van der Waals surface area contributed by atoms with Crippen LogP contribution in [-0.4, -0.2) is 27.7 Å². The first-order valence-corrected chi connectivity index (χ1v) is 4.88. The summed E-state index contributed by atoms with van der Waals surface area (Å²) >= 11 is 0. The molecule has 1 unspecified atom stereocenters. The molecule has 0 fully saturated rings. The SMILES string of the molecule is CCc1cc(C)nc(NCC(C)O)n1. The first-order chi connectivity index (χ1) is 6.61. The topological polar surface area (TPSA) is 58.0 Å². The third kappa shape index (κ3) is 3.30. The van der Waals surface area contributed by atoms with Crippen LogP contribution < -0.4 is 5.32 Å². The molecule has 0 aliphatic heterocycles. The summed E-state index contributed by atoms with van der Waals surface area (Å²) in [5.74, 6) is 0.600. The van der Waals surface area contributed by atoms with E-state index in [2.05, 4.69) is 22.2 Å². The minimum atomic E-state index is -0.385. The number of aliphatic hydroxyl groups is 1. The Kier molecular flexibility index (Phi) is 3.83. The number of anilines is 1. The van der Waals surface area contributed by atoms with E-state index in [0.29, 0.717) is 12.5 Å². The van der Waals surface area contributed by atoms with Crippen LogP contribution in [0.15, 0.2) is 6.07 Å². The summed E-state index contributed by atoms with van der Waals surface area (Å²) in [5.41, 5.74) is 1.97. The van der Waals surface area contributed by atoms with Gasteiger partial charge in [0.2, 0.25) is 5.95 Å². The lowest BCUT2D eigenvalue weighted by Gasteiger charge is -2.08. The van der Waals surface area contributed by atoms with Gasteiger partial charge >= 0.3 is 0 Å². The molecule has 0 spiro atoms. The zero-order valence-electron chi connectivity index (χ0n) is 8.91. The Labute approximate surface area is 84.4 Å². The summed E-state index contributed by atoms with van der Waals surface area (Å²) in [6, 6.07) is 1.97. The van der Waals surface area contributed by atoms with Gasteiger partial charge in [0.25, 0.3) is 0 Å². The van der Waals surface area contributed by atoms with Gasteiger partial charge in [-0.25, -0.2) is 9.97 Å². The van der Waals surface area contributed by atoms with Crippen molar-refractivity contribution in [3.63, 3.8) is 0 Å². The molecule has 1 aromatic rings. The van der Waals surface area contributed by atoms with Crippen LogP contribution in [-0.2, 0) is 6.42 Å². The Bertz CT molecular complexity index is 299. The molecular weight excluding hydrogens is 178 g/mol. The fraction of sp³-hybridized carbons (Fsp3) is 0.600. The van der Waals surface area contributed by atoms with Crippen LogP contribution in [0.4, 0.5) is 5.95 Å². The van der Waals surface area contributed by atoms with E-state index in [-0.39, 0.29) is 6.10 Å². The van der Waals surface area contributed by atoms with Gasteiger partial charge in [0.15, 0.2) is 0 Å². The first kappa shape index (κ1) is 10.9. The quantitative estimate of drug-likeness (QED) is 0.756. The molecule has 1 atom stereocenters. The van der Waals surface area contributed by atoms with Gasteiger partial charge in [-0.3, -0.25) is 0 Å². The molecule has 4 heteroatoms. The van der Waals surface area contributed by atoms with Crippen molar-refractivity contribution in [1.29, 1.82) is 0 Å². The summed E-state index contributed by atoms with van der Waals surface area (Å²) < 4.78 is 0. The standard InChI is InChI=1S/C10H17N3O/c1-4-9-5-7(2)12-10(13-9)11-6-8(3)14/h5,8,14H,4,6H2,1-3H3,(H,11,12,13). The van der Waals surface area contributed by atoms with E-state index in [1.54, 1.807) is 6.92 Å². The van der Waals surface area contributed by atoms with Crippen LogP contribution in [0.5, 0.6) is 0 Å². The average molecular weight is 195 g/mol. The molecule has 1 aromatic heterocycles. The number of rotatable bonds is 4. The molecule has 1 rings (SSSR count). The molecule has 2 N–H and O–H groups in total. The molecule has 0 aliphatic rings. The van der Waals surface area contributed by atoms with Crippen molar-refractivity contribution in [2.75, 3.05) is 11.9 Å². The highest BCUT2D eigenvalue weighted by Gasteiger charge is 2.01. The summed E-state index contributed by atoms with van der Waals surface area (Å²) in [5, 5.41) is 12.1. The van der Waals surface area contributed by atoms with E-state index >= 15 is 0 Å². The molecule has 78 valence electrons. The van der Waals surface area contributed by atoms with E-state index in [1.165, 1.54) is 0 Å². The molecule has 14 heavy (non-hydrogen) atoms. The van der Waals surface area contributed by atoms with Crippen molar-refractivity contribution >= 4 is 5.95 Å². The Balaban J connectivity index is 2.71. The molecule has 0 radical (unpaired) electrons. The molecule has 1 heterocycles. The molecular formula is C10H17N3O. The lowest BCUT2D eigenvalue weighted by atomic mass is 10.3. The van der Waals surface area contributed by atoms with E-state index in [0.717, 1.165) is 17.8 Å². The highest BCUT2D eigenvalue weighted by atomic mass is 16.3. The van der Waals surface area contributed by atoms with E-state index in [4.69, 9.17) is 5.11 Å². The van der Waals surface area contributed by atoms with Crippen LogP contribution in [0.25, 0.3) is 0 Å². The van der Waals surface area contributed by atoms with Gasteiger partial charge < -0.3 is 10.4 Å². The predicted octanol–water partition coefficient (Wildman–Crippen LogP) is 1.14. The van der Waals surface area contributed by atoms with Crippen LogP contribution in [0, 0.1) is 6.92 Å². The van der Waals surface area contributed by atoms with E-state index in [1.807, 2.05) is 13.0 Å². The van der Waals surface area contributed by atoms with Crippen LogP contribution in [0.1, 0.15) is 25.2 Å². The van der Waals surface area contributed by atoms with Gasteiger partial charge in [0.1, 0.15) is 0 Å². The van der Waals surface area contributed by atoms with Gasteiger partial charge in [0.05, 0.1) is 6.10 Å². The molecule has 4 nitrogen and oxygen atoms in total. The molecule has 0 saturated carbocycles. The molecule has 0 amide bonds. The maximum atomic E-state index is 9.09. The Morgan fingerprint density at radius 2 is 2.21 bits per heavy atom. The van der Waals surface area contributed by atoms with Crippen LogP contribution in [0.3, 0.4) is 0 Å². The minimum absolute atomic E-state index is 0.385. The number of aromatic nitrogens is 2. The Hall–Kier alpha value is -1.16. The fourth-order valence-electron chi connectivity index (χ4n) is 1.13. The summed E-state index contributed by atoms with van der Waals surface area (Å²) in [6.45, 7) is 6.20. The predicted molar refractivity (Wildman–Crippen MR) is 56.3 cm³/mol. The summed E-state index contributed by atoms with van der Waals surface area (Å²) in [4.78, 5) is 8.51. The van der Waals surface area contributed by atoms with E-state index < -0.39 is 0 Å². The second-order valence-corrected chi connectivity index (χ2v) is 3.41. The van der Waals surface area contributed by atoms with Crippen molar-refractivity contribution in [1.82, 2.24) is 9.97 Å². The smallest absolute Gasteiger partial charge is 0.223 e. The van der Waals surface area contributed by atoms with Gasteiger partial charge in [-0.1, -0.05) is 6.92 Å². The molecule has 0 saturated heterocycles. The number of nitrogens with zero attached hydrogens (tertiary/aromatic N) is 2. The van der Waals surface area contributed by atoms with Gasteiger partial charge in [-0.2, -0.15) is 0 Å². The van der Waals surface area contributed by atoms with Crippen LogP contribution >= 0.6 is 0 Å². The molecule has 0 aliphatic carbocycles. The van der Waals surface area contributed by atoms with Crippen molar-refractivity contribution in [3.05, 3.63) is 17.5 Å². The fourth-order valence-corrected chi connectivity index (χ4v) is 1.13. The summed E-state index contributed by atoms with van der Waals surface area (Å²) in [6.07, 6.45) is 0.511. The second-order valence-electron chi connectivity index (χ2n) is 3.41. The first-order valence-electron chi connectivity index (χ1n) is 4.88. The van der Waals surface area contributed by atoms with E-state index in [9.17, 15) is 0 Å². The monoisotopic (exact) mass is 195 g/mol. The van der Waals surface area contributed by atoms with Crippen molar-refractivity contribution in [2.24, 2.45) is 0 Å². The van der Waals surface area contributed by atoms with Crippen molar-refractivity contribution < 1.29 is 5.11 Å². The number of aliphatic hydroxyl groups excluding tert-OH is 1. The second kappa shape index (κ2) is 4.91. The Morgan fingerprint density at radius 3 is 2.79 bits per heavy atom. The zero-order chi connectivity index (χ0) is 10.6. The molecule has 0 bridgehead atoms. The van der Waals surface area contributed by atoms with Gasteiger partial charge in [-0.15, -0.1) is 0 Å². The third-order valence-electron chi connectivity index (χ3n) is 1.83. The lowest BCUT2D eigenvalue weighted by Crippen LogP contribution is -2.17. The number of nitrogens with one attached hydrogen (secondary N) is 1. The van der Waals surface area contributed by atoms with Crippen molar-refractivity contribution in [3.8, 4) is 0 Å². The summed E-state index contributed by atoms with van der Waals surface area (Å²) in [7, 11) is 0. The lowest BCUT2D eigenvalue weighted by molar-refractivity contribution is 0.208. The largest absolute Gasteiger partial charge is 0.392 e. The number of hydrogen-bond acceptors (Lipinski definition) is 4. The average Bonchev–Trinajstić information content (AvgIpc) is 2.14.